The molecule has 0 aliphatic rings. The van der Waals surface area contributed by atoms with E-state index < -0.39 is 0 Å². The molecular weight excluding hydrogens is 142 g/mol. The molecule has 0 radical (unpaired) electrons. The van der Waals surface area contributed by atoms with E-state index in [1.807, 2.05) is 11.4 Å². The third-order valence-electron chi connectivity index (χ3n) is 1.23. The van der Waals surface area contributed by atoms with Crippen LogP contribution in [0.4, 0.5) is 5.69 Å². The number of nitrogen functional groups attached to an aromatic ring is 1. The highest BCUT2D eigenvalue weighted by Crippen LogP contribution is 2.20. The van der Waals surface area contributed by atoms with Gasteiger partial charge in [-0.25, -0.2) is 0 Å². The third kappa shape index (κ3) is 1.61. The summed E-state index contributed by atoms with van der Waals surface area (Å²) in [6, 6.07) is 1.93. The van der Waals surface area contributed by atoms with Gasteiger partial charge in [-0.15, -0.1) is 11.3 Å². The fourth-order valence-corrected chi connectivity index (χ4v) is 1.43. The molecule has 0 atom stereocenters. The predicted octanol–water partition coefficient (Wildman–Crippen LogP) is 2.75. The van der Waals surface area contributed by atoms with Crippen molar-refractivity contribution in [1.82, 2.24) is 0 Å². The van der Waals surface area contributed by atoms with Crippen molar-refractivity contribution in [2.75, 3.05) is 5.73 Å². The van der Waals surface area contributed by atoms with Crippen molar-refractivity contribution in [1.29, 1.82) is 0 Å². The summed E-state index contributed by atoms with van der Waals surface area (Å²) in [5, 5.41) is 2.00. The number of hydrogen-bond acceptors (Lipinski definition) is 2. The first-order valence-electron chi connectivity index (χ1n) is 3.34. The molecule has 1 rings (SSSR count). The smallest absolute Gasteiger partial charge is 0.0497 e. The minimum absolute atomic E-state index is 0.884. The molecule has 1 heterocycles. The largest absolute Gasteiger partial charge is 0.398 e. The highest BCUT2D eigenvalue weighted by atomic mass is 32.1. The average molecular weight is 153 g/mol. The molecule has 2 N–H and O–H groups in total. The zero-order valence-electron chi connectivity index (χ0n) is 6.00. The quantitative estimate of drug-likeness (QED) is 0.694. The van der Waals surface area contributed by atoms with Crippen LogP contribution in [-0.2, 0) is 0 Å². The van der Waals surface area contributed by atoms with Crippen LogP contribution in [0.5, 0.6) is 0 Å². The van der Waals surface area contributed by atoms with Crippen LogP contribution in [0.15, 0.2) is 17.5 Å². The lowest BCUT2D eigenvalue weighted by molar-refractivity contribution is 1.23. The molecule has 0 aromatic carbocycles. The molecule has 1 aromatic heterocycles. The summed E-state index contributed by atoms with van der Waals surface area (Å²) in [6.07, 6.45) is 5.25. The maximum absolute atomic E-state index is 5.64. The fraction of sp³-hybridized carbons (Fsp3) is 0.250. The lowest BCUT2D eigenvalue weighted by atomic mass is 10.3. The van der Waals surface area contributed by atoms with Gasteiger partial charge in [-0.2, -0.15) is 0 Å². The van der Waals surface area contributed by atoms with Gasteiger partial charge in [0, 0.05) is 10.6 Å². The van der Waals surface area contributed by atoms with E-state index >= 15 is 0 Å². The van der Waals surface area contributed by atoms with E-state index in [0.29, 0.717) is 0 Å². The van der Waals surface area contributed by atoms with Gasteiger partial charge in [0.15, 0.2) is 0 Å². The fourth-order valence-electron chi connectivity index (χ4n) is 0.691. The highest BCUT2D eigenvalue weighted by molar-refractivity contribution is 7.11. The van der Waals surface area contributed by atoms with Crippen LogP contribution in [0.1, 0.15) is 18.2 Å². The van der Waals surface area contributed by atoms with Crippen LogP contribution in [-0.4, -0.2) is 0 Å². The number of hydrogen-bond donors (Lipinski definition) is 1. The van der Waals surface area contributed by atoms with Gasteiger partial charge in [0.2, 0.25) is 0 Å². The van der Waals surface area contributed by atoms with Crippen molar-refractivity contribution in [3.63, 3.8) is 0 Å². The Morgan fingerprint density at radius 1 is 1.70 bits per heavy atom. The molecule has 1 nitrogen and oxygen atoms in total. The average Bonchev–Trinajstić information content (AvgIpc) is 2.31. The van der Waals surface area contributed by atoms with Gasteiger partial charge in [-0.1, -0.05) is 13.0 Å². The van der Waals surface area contributed by atoms with Crippen LogP contribution >= 0.6 is 11.3 Å². The van der Waals surface area contributed by atoms with Crippen LogP contribution < -0.4 is 5.73 Å². The molecule has 0 spiro atoms. The maximum Gasteiger partial charge on any atom is 0.0497 e. The molecule has 0 bridgehead atoms. The van der Waals surface area contributed by atoms with Crippen molar-refractivity contribution >= 4 is 23.1 Å². The van der Waals surface area contributed by atoms with Gasteiger partial charge in [0.1, 0.15) is 0 Å². The Morgan fingerprint density at radius 2 is 2.50 bits per heavy atom. The van der Waals surface area contributed by atoms with Crippen molar-refractivity contribution in [3.05, 3.63) is 22.4 Å². The van der Waals surface area contributed by atoms with E-state index in [1.54, 1.807) is 11.3 Å². The first-order chi connectivity index (χ1) is 4.84. The van der Waals surface area contributed by atoms with E-state index in [2.05, 4.69) is 19.1 Å². The monoisotopic (exact) mass is 153 g/mol. The Kier molecular flexibility index (Phi) is 2.51. The predicted molar refractivity (Wildman–Crippen MR) is 48.1 cm³/mol. The third-order valence-corrected chi connectivity index (χ3v) is 2.13. The van der Waals surface area contributed by atoms with E-state index in [-0.39, 0.29) is 0 Å². The summed E-state index contributed by atoms with van der Waals surface area (Å²) in [7, 11) is 0. The number of allylic oxidation sites excluding steroid dienone is 1. The van der Waals surface area contributed by atoms with E-state index in [0.717, 1.165) is 12.1 Å². The van der Waals surface area contributed by atoms with Crippen LogP contribution in [0.2, 0.25) is 0 Å². The number of thiophene rings is 1. The lowest BCUT2D eigenvalue weighted by Gasteiger charge is -1.86. The maximum atomic E-state index is 5.64. The van der Waals surface area contributed by atoms with E-state index in [9.17, 15) is 0 Å². The second kappa shape index (κ2) is 3.42. The Bertz CT molecular complexity index is 225. The molecule has 0 aliphatic carbocycles. The Morgan fingerprint density at radius 3 is 3.00 bits per heavy atom. The minimum Gasteiger partial charge on any atom is -0.398 e. The van der Waals surface area contributed by atoms with Crippen molar-refractivity contribution in [2.45, 2.75) is 13.3 Å². The standard InChI is InChI=1S/C8H11NS/c1-2-3-4-8-7(9)5-6-10-8/h3-6H,2,9H2,1H3/b4-3-. The summed E-state index contributed by atoms with van der Waals surface area (Å²) in [4.78, 5) is 1.17. The molecular formula is C8H11NS. The van der Waals surface area contributed by atoms with Crippen molar-refractivity contribution in [3.8, 4) is 0 Å². The van der Waals surface area contributed by atoms with Crippen molar-refractivity contribution in [2.24, 2.45) is 0 Å². The topological polar surface area (TPSA) is 26.0 Å². The first-order valence-corrected chi connectivity index (χ1v) is 4.22. The van der Waals surface area contributed by atoms with Crippen LogP contribution in [0.25, 0.3) is 6.08 Å². The minimum atomic E-state index is 0.884. The molecule has 0 aliphatic heterocycles. The summed E-state index contributed by atoms with van der Waals surface area (Å²) < 4.78 is 0. The molecule has 0 saturated heterocycles. The molecule has 54 valence electrons. The molecule has 0 fully saturated rings. The Hall–Kier alpha value is -0.760. The number of rotatable bonds is 2. The Labute approximate surface area is 65.2 Å². The van der Waals surface area contributed by atoms with Gasteiger partial charge < -0.3 is 5.73 Å². The Balaban J connectivity index is 2.74. The van der Waals surface area contributed by atoms with Gasteiger partial charge >= 0.3 is 0 Å². The SMILES string of the molecule is CC/C=C\c1sccc1N. The van der Waals surface area contributed by atoms with Crippen LogP contribution in [0, 0.1) is 0 Å². The van der Waals surface area contributed by atoms with Gasteiger partial charge in [-0.3, -0.25) is 0 Å². The van der Waals surface area contributed by atoms with Gasteiger partial charge in [0.05, 0.1) is 0 Å². The number of nitrogens with two attached hydrogens (primary N) is 1. The van der Waals surface area contributed by atoms with Crippen LogP contribution in [0.3, 0.4) is 0 Å². The summed E-state index contributed by atoms with van der Waals surface area (Å²) >= 11 is 1.68. The molecule has 0 unspecified atom stereocenters. The lowest BCUT2D eigenvalue weighted by Crippen LogP contribution is -1.80. The van der Waals surface area contributed by atoms with Gasteiger partial charge in [-0.05, 0) is 23.9 Å². The summed E-state index contributed by atoms with van der Waals surface area (Å²) in [5.41, 5.74) is 6.52. The molecule has 2 heteroatoms. The van der Waals surface area contributed by atoms with E-state index in [4.69, 9.17) is 5.73 Å². The first kappa shape index (κ1) is 7.35. The number of anilines is 1. The molecule has 0 amide bonds. The zero-order chi connectivity index (χ0) is 7.40. The molecule has 0 saturated carbocycles. The normalized spacial score (nSPS) is 10.9. The second-order valence-electron chi connectivity index (χ2n) is 2.05. The molecule has 1 aromatic rings. The highest BCUT2D eigenvalue weighted by Gasteiger charge is 1.92. The second-order valence-corrected chi connectivity index (χ2v) is 3.00. The molecule has 10 heavy (non-hydrogen) atoms. The van der Waals surface area contributed by atoms with Crippen molar-refractivity contribution < 1.29 is 0 Å². The summed E-state index contributed by atoms with van der Waals surface area (Å²) in [5.74, 6) is 0. The van der Waals surface area contributed by atoms with Gasteiger partial charge in [0.25, 0.3) is 0 Å². The summed E-state index contributed by atoms with van der Waals surface area (Å²) in [6.45, 7) is 2.11. The zero-order valence-corrected chi connectivity index (χ0v) is 6.82. The van der Waals surface area contributed by atoms with E-state index in [1.165, 1.54) is 4.88 Å².